The van der Waals surface area contributed by atoms with E-state index in [1.807, 2.05) is 67.5 Å². The lowest BCUT2D eigenvalue weighted by Crippen LogP contribution is -2.43. The van der Waals surface area contributed by atoms with Crippen LogP contribution in [0.4, 0.5) is 10.2 Å². The molecule has 14 nitrogen and oxygen atoms in total. The van der Waals surface area contributed by atoms with Crippen molar-refractivity contribution in [2.75, 3.05) is 11.9 Å². The minimum Gasteiger partial charge on any atom is -0.461 e. The van der Waals surface area contributed by atoms with Crippen molar-refractivity contribution < 1.29 is 47.6 Å². The number of hydrogen-bond acceptors (Lipinski definition) is 12. The molecule has 302 valence electrons. The molecule has 0 saturated carbocycles. The summed E-state index contributed by atoms with van der Waals surface area (Å²) >= 11 is 0. The summed E-state index contributed by atoms with van der Waals surface area (Å²) in [4.78, 5) is 62.6. The number of halogens is 1. The molecule has 1 aliphatic heterocycles. The number of aryl methyl sites for hydroxylation is 4. The van der Waals surface area contributed by atoms with Gasteiger partial charge in [0.25, 0.3) is 0 Å². The van der Waals surface area contributed by atoms with Crippen molar-refractivity contribution in [3.05, 3.63) is 70.1 Å². The summed E-state index contributed by atoms with van der Waals surface area (Å²) in [7, 11) is 0. The summed E-state index contributed by atoms with van der Waals surface area (Å²) in [5, 5.41) is 13.8. The van der Waals surface area contributed by atoms with Gasteiger partial charge in [-0.15, -0.1) is 6.42 Å². The first kappa shape index (κ1) is 42.4. The van der Waals surface area contributed by atoms with Crippen LogP contribution >= 0.6 is 0 Å². The normalized spacial score (nSPS) is 18.2. The van der Waals surface area contributed by atoms with Crippen LogP contribution in [0.1, 0.15) is 100 Å². The molecule has 2 aromatic heterocycles. The van der Waals surface area contributed by atoms with Crippen molar-refractivity contribution in [3.63, 3.8) is 0 Å². The molecule has 2 N–H and O–H groups in total. The molecule has 0 spiro atoms. The number of nitrogens with zero attached hydrogens (tertiary/aromatic N) is 4. The number of aliphatic hydroxyl groups is 1. The van der Waals surface area contributed by atoms with Gasteiger partial charge in [-0.2, -0.15) is 14.4 Å². The summed E-state index contributed by atoms with van der Waals surface area (Å²) in [6.07, 6.45) is 3.33. The first-order valence-electron chi connectivity index (χ1n) is 18.4. The third kappa shape index (κ3) is 9.13. The second-order valence-corrected chi connectivity index (χ2v) is 16.0. The second-order valence-electron chi connectivity index (χ2n) is 16.0. The zero-order valence-electron chi connectivity index (χ0n) is 33.8. The van der Waals surface area contributed by atoms with Crippen LogP contribution in [-0.2, 0) is 39.5 Å². The number of carbonyl (C=O) groups is 4. The number of ether oxygens (including phenoxy) is 4. The Morgan fingerprint density at radius 2 is 1.49 bits per heavy atom. The van der Waals surface area contributed by atoms with E-state index in [1.165, 1.54) is 24.7 Å². The highest BCUT2D eigenvalue weighted by Crippen LogP contribution is 2.42. The molecule has 15 heteroatoms. The fraction of sp³-hybridized carbons (Fsp3) is 0.452. The average Bonchev–Trinajstić information content (AvgIpc) is 3.62. The second kappa shape index (κ2) is 16.0. The van der Waals surface area contributed by atoms with Gasteiger partial charge in [-0.05, 0) is 62.1 Å². The Morgan fingerprint density at radius 1 is 0.947 bits per heavy atom. The number of carbonyl (C=O) groups excluding carboxylic acids is 4. The van der Waals surface area contributed by atoms with Crippen molar-refractivity contribution in [2.45, 2.75) is 117 Å². The maximum absolute atomic E-state index is 15.0. The summed E-state index contributed by atoms with van der Waals surface area (Å²) in [6, 6.07) is 7.32. The fourth-order valence-corrected chi connectivity index (χ4v) is 7.83. The van der Waals surface area contributed by atoms with Gasteiger partial charge in [0.15, 0.2) is 22.6 Å². The molecule has 0 unspecified atom stereocenters. The van der Waals surface area contributed by atoms with Crippen LogP contribution in [-0.4, -0.2) is 66.8 Å². The summed E-state index contributed by atoms with van der Waals surface area (Å²) in [5.74, 6) is 0.773. The molecule has 1 fully saturated rings. The predicted molar refractivity (Wildman–Crippen MR) is 207 cm³/mol. The number of amides is 1. The van der Waals surface area contributed by atoms with E-state index in [0.29, 0.717) is 22.6 Å². The molecule has 57 heavy (non-hydrogen) atoms. The Balaban J connectivity index is 1.32. The standard InChI is InChI=1S/C42H48FN5O9/c1-12-42(20-54-33(53)19-41(10,11)35-25(5)14-23(3)16-29(35)56-27(7)50)30(51)17-32(57-42)48-21-44-36-37(46-39(43)47-38(36)48)45-31(52)18-40(8,9)34-24(4)13-22(2)15-28(34)55-26(6)49/h1,13-16,21,30,32,51H,17-20H2,2-11H3,(H,45,46,47,52)/t30-,32+,42+/m0/s1. The van der Waals surface area contributed by atoms with Gasteiger partial charge in [0.1, 0.15) is 30.4 Å². The summed E-state index contributed by atoms with van der Waals surface area (Å²) in [6.45, 7) is 16.9. The van der Waals surface area contributed by atoms with Crippen LogP contribution < -0.4 is 14.8 Å². The third-order valence-electron chi connectivity index (χ3n) is 9.90. The topological polar surface area (TPSA) is 181 Å². The van der Waals surface area contributed by atoms with Gasteiger partial charge in [0.2, 0.25) is 5.91 Å². The Hall–Kier alpha value is -5.72. The number of aromatic nitrogens is 4. The van der Waals surface area contributed by atoms with Crippen molar-refractivity contribution in [3.8, 4) is 23.8 Å². The molecule has 0 aliphatic carbocycles. The van der Waals surface area contributed by atoms with E-state index in [2.05, 4.69) is 26.2 Å². The first-order chi connectivity index (χ1) is 26.6. The molecular weight excluding hydrogens is 737 g/mol. The molecule has 2 aromatic carbocycles. The zero-order chi connectivity index (χ0) is 42.2. The number of fused-ring (bicyclic) bond motifs is 1. The van der Waals surface area contributed by atoms with E-state index < -0.39 is 65.3 Å². The van der Waals surface area contributed by atoms with Crippen molar-refractivity contribution in [1.29, 1.82) is 0 Å². The van der Waals surface area contributed by atoms with Crippen LogP contribution in [0.15, 0.2) is 30.6 Å². The molecule has 1 aliphatic rings. The van der Waals surface area contributed by atoms with Gasteiger partial charge < -0.3 is 29.4 Å². The maximum atomic E-state index is 15.0. The molecule has 0 radical (unpaired) electrons. The lowest BCUT2D eigenvalue weighted by atomic mass is 9.78. The lowest BCUT2D eigenvalue weighted by Gasteiger charge is -2.30. The number of aliphatic hydroxyl groups excluding tert-OH is 1. The van der Waals surface area contributed by atoms with Gasteiger partial charge in [-0.3, -0.25) is 23.7 Å². The maximum Gasteiger partial charge on any atom is 0.312 e. The summed E-state index contributed by atoms with van der Waals surface area (Å²) < 4.78 is 39.1. The minimum atomic E-state index is -1.78. The number of esters is 3. The Labute approximate surface area is 330 Å². The van der Waals surface area contributed by atoms with E-state index in [0.717, 1.165) is 22.3 Å². The molecule has 1 saturated heterocycles. The monoisotopic (exact) mass is 785 g/mol. The Bertz CT molecular complexity index is 2310. The Kier molecular flexibility index (Phi) is 11.9. The molecule has 0 bridgehead atoms. The first-order valence-corrected chi connectivity index (χ1v) is 18.4. The molecule has 3 heterocycles. The molecule has 4 aromatic rings. The number of anilines is 1. The van der Waals surface area contributed by atoms with E-state index in [4.69, 9.17) is 25.4 Å². The number of hydrogen-bond donors (Lipinski definition) is 2. The van der Waals surface area contributed by atoms with Crippen LogP contribution in [0.5, 0.6) is 11.5 Å². The number of nitrogens with one attached hydrogen (secondary N) is 1. The Morgan fingerprint density at radius 3 is 2.02 bits per heavy atom. The quantitative estimate of drug-likeness (QED) is 0.0751. The van der Waals surface area contributed by atoms with E-state index in [-0.39, 0.29) is 36.2 Å². The largest absolute Gasteiger partial charge is 0.461 e. The number of rotatable bonds is 12. The highest BCUT2D eigenvalue weighted by Gasteiger charge is 2.49. The number of benzene rings is 2. The van der Waals surface area contributed by atoms with Gasteiger partial charge in [-0.25, -0.2) is 4.98 Å². The van der Waals surface area contributed by atoms with Crippen LogP contribution in [0, 0.1) is 46.1 Å². The zero-order valence-corrected chi connectivity index (χ0v) is 33.8. The number of terminal acetylenes is 1. The highest BCUT2D eigenvalue weighted by molar-refractivity contribution is 5.97. The number of imidazole rings is 1. The van der Waals surface area contributed by atoms with Crippen LogP contribution in [0.25, 0.3) is 11.2 Å². The fourth-order valence-electron chi connectivity index (χ4n) is 7.83. The van der Waals surface area contributed by atoms with Crippen molar-refractivity contribution >= 4 is 40.8 Å². The molecule has 3 atom stereocenters. The molecular formula is C42H48FN5O9. The van der Waals surface area contributed by atoms with Gasteiger partial charge in [0, 0.05) is 48.6 Å². The SMILES string of the molecule is C#C[C@]1(COC(=O)CC(C)(C)c2c(C)cc(C)cc2OC(C)=O)O[C@@H](n2cnc3c(NC(=O)CC(C)(C)c4c(C)cc(C)cc4OC(C)=O)nc(F)nc32)C[C@@H]1O. The predicted octanol–water partition coefficient (Wildman–Crippen LogP) is 5.92. The third-order valence-corrected chi connectivity index (χ3v) is 9.90. The summed E-state index contributed by atoms with van der Waals surface area (Å²) in [5.41, 5.74) is 1.28. The van der Waals surface area contributed by atoms with E-state index >= 15 is 0 Å². The smallest absolute Gasteiger partial charge is 0.312 e. The average molecular weight is 786 g/mol. The van der Waals surface area contributed by atoms with Gasteiger partial charge in [-0.1, -0.05) is 45.7 Å². The van der Waals surface area contributed by atoms with E-state index in [1.54, 1.807) is 12.1 Å². The lowest BCUT2D eigenvalue weighted by molar-refractivity contribution is -0.157. The van der Waals surface area contributed by atoms with Crippen molar-refractivity contribution in [1.82, 2.24) is 19.5 Å². The van der Waals surface area contributed by atoms with Crippen LogP contribution in [0.3, 0.4) is 0 Å². The van der Waals surface area contributed by atoms with Crippen molar-refractivity contribution in [2.24, 2.45) is 0 Å². The highest BCUT2D eigenvalue weighted by atomic mass is 19.1. The van der Waals surface area contributed by atoms with Gasteiger partial charge in [0.05, 0.1) is 12.7 Å². The van der Waals surface area contributed by atoms with E-state index in [9.17, 15) is 28.7 Å². The molecule has 1 amide bonds. The van der Waals surface area contributed by atoms with Gasteiger partial charge >= 0.3 is 24.0 Å². The minimum absolute atomic E-state index is 0.0409. The van der Waals surface area contributed by atoms with Crippen LogP contribution in [0.2, 0.25) is 0 Å². The molecule has 5 rings (SSSR count).